The Labute approximate surface area is 212 Å². The predicted molar refractivity (Wildman–Crippen MR) is 141 cm³/mol. The van der Waals surface area contributed by atoms with E-state index in [-0.39, 0.29) is 5.91 Å². The van der Waals surface area contributed by atoms with E-state index in [2.05, 4.69) is 16.0 Å². The normalized spacial score (nSPS) is 10.8. The Balaban J connectivity index is 1.27. The molecule has 0 atom stereocenters. The third kappa shape index (κ3) is 6.36. The molecule has 7 nitrogen and oxygen atoms in total. The summed E-state index contributed by atoms with van der Waals surface area (Å²) in [5, 5.41) is 2.99. The molecular formula is C29H33N3O4. The number of nitrogens with one attached hydrogen (secondary N) is 1. The van der Waals surface area contributed by atoms with E-state index >= 15 is 0 Å². The second kappa shape index (κ2) is 12.6. The zero-order chi connectivity index (χ0) is 25.2. The summed E-state index contributed by atoms with van der Waals surface area (Å²) in [5.74, 6) is 3.20. The van der Waals surface area contributed by atoms with Crippen molar-refractivity contribution in [3.05, 3.63) is 84.2 Å². The summed E-state index contributed by atoms with van der Waals surface area (Å²) in [6.07, 6.45) is 3.79. The molecule has 4 rings (SSSR count). The van der Waals surface area contributed by atoms with Crippen molar-refractivity contribution in [1.82, 2.24) is 14.9 Å². The number of amides is 1. The number of hydrogen-bond acceptors (Lipinski definition) is 5. The van der Waals surface area contributed by atoms with Crippen molar-refractivity contribution in [3.8, 4) is 17.2 Å². The molecule has 0 saturated carbocycles. The molecule has 0 aliphatic rings. The fourth-order valence-corrected chi connectivity index (χ4v) is 4.18. The van der Waals surface area contributed by atoms with E-state index in [4.69, 9.17) is 19.2 Å². The lowest BCUT2D eigenvalue weighted by Crippen LogP contribution is -2.24. The van der Waals surface area contributed by atoms with Gasteiger partial charge in [0.15, 0.2) is 11.5 Å². The van der Waals surface area contributed by atoms with Gasteiger partial charge in [0, 0.05) is 18.5 Å². The first kappa shape index (κ1) is 25.1. The second-order valence-corrected chi connectivity index (χ2v) is 8.46. The number of carbonyl (C=O) groups excluding carboxylic acids is 1. The first-order valence-corrected chi connectivity index (χ1v) is 12.3. The van der Waals surface area contributed by atoms with E-state index in [0.29, 0.717) is 25.3 Å². The summed E-state index contributed by atoms with van der Waals surface area (Å²) in [6.45, 7) is 1.87. The molecule has 3 aromatic carbocycles. The van der Waals surface area contributed by atoms with Gasteiger partial charge >= 0.3 is 0 Å². The number of fused-ring (bicyclic) bond motifs is 1. The molecule has 188 valence electrons. The van der Waals surface area contributed by atoms with E-state index in [1.54, 1.807) is 38.5 Å². The Bertz CT molecular complexity index is 1270. The third-order valence-corrected chi connectivity index (χ3v) is 6.09. The number of carbonyl (C=O) groups is 1. The van der Waals surface area contributed by atoms with Crippen LogP contribution in [0.3, 0.4) is 0 Å². The number of unbranched alkanes of at least 4 members (excludes halogenated alkanes) is 2. The SMILES string of the molecule is COc1ccc(C(=O)NCCCCCc2nc3ccccc3n2CCOc2ccccc2OC)cc1. The maximum Gasteiger partial charge on any atom is 0.251 e. The Hall–Kier alpha value is -4.00. The van der Waals surface area contributed by atoms with E-state index in [9.17, 15) is 4.79 Å². The van der Waals surface area contributed by atoms with Gasteiger partial charge in [0.25, 0.3) is 5.91 Å². The summed E-state index contributed by atoms with van der Waals surface area (Å²) in [5.41, 5.74) is 2.75. The van der Waals surface area contributed by atoms with Crippen LogP contribution in [0.2, 0.25) is 0 Å². The van der Waals surface area contributed by atoms with Crippen LogP contribution < -0.4 is 19.5 Å². The van der Waals surface area contributed by atoms with Gasteiger partial charge in [-0.05, 0) is 61.4 Å². The van der Waals surface area contributed by atoms with Gasteiger partial charge in [-0.2, -0.15) is 0 Å². The van der Waals surface area contributed by atoms with Crippen LogP contribution in [-0.4, -0.2) is 42.8 Å². The first-order valence-electron chi connectivity index (χ1n) is 12.3. The van der Waals surface area contributed by atoms with Crippen molar-refractivity contribution < 1.29 is 19.0 Å². The summed E-state index contributed by atoms with van der Waals surface area (Å²) >= 11 is 0. The number of aromatic nitrogens is 2. The minimum Gasteiger partial charge on any atom is -0.497 e. The molecule has 7 heteroatoms. The van der Waals surface area contributed by atoms with Gasteiger partial charge in [-0.15, -0.1) is 0 Å². The van der Waals surface area contributed by atoms with Gasteiger partial charge in [0.1, 0.15) is 18.2 Å². The van der Waals surface area contributed by atoms with Crippen molar-refractivity contribution in [2.75, 3.05) is 27.4 Å². The van der Waals surface area contributed by atoms with Crippen LogP contribution >= 0.6 is 0 Å². The molecule has 1 amide bonds. The number of para-hydroxylation sites is 4. The lowest BCUT2D eigenvalue weighted by atomic mass is 10.1. The van der Waals surface area contributed by atoms with E-state index in [1.165, 1.54) is 0 Å². The molecule has 1 aromatic heterocycles. The Morgan fingerprint density at radius 1 is 0.861 bits per heavy atom. The van der Waals surface area contributed by atoms with Crippen LogP contribution in [0.15, 0.2) is 72.8 Å². The van der Waals surface area contributed by atoms with Crippen molar-refractivity contribution in [2.24, 2.45) is 0 Å². The average Bonchev–Trinajstić information content (AvgIpc) is 3.28. The van der Waals surface area contributed by atoms with Gasteiger partial charge in [0.05, 0.1) is 31.8 Å². The van der Waals surface area contributed by atoms with Crippen LogP contribution in [0, 0.1) is 0 Å². The lowest BCUT2D eigenvalue weighted by Gasteiger charge is -2.13. The highest BCUT2D eigenvalue weighted by Crippen LogP contribution is 2.26. The van der Waals surface area contributed by atoms with Gasteiger partial charge < -0.3 is 24.1 Å². The molecule has 0 spiro atoms. The molecule has 0 aliphatic carbocycles. The molecule has 0 unspecified atom stereocenters. The van der Waals surface area contributed by atoms with Crippen molar-refractivity contribution >= 4 is 16.9 Å². The highest BCUT2D eigenvalue weighted by molar-refractivity contribution is 5.94. The maximum absolute atomic E-state index is 12.3. The second-order valence-electron chi connectivity index (χ2n) is 8.46. The molecule has 0 fully saturated rings. The molecule has 0 saturated heterocycles. The number of benzene rings is 3. The average molecular weight is 488 g/mol. The fraction of sp³-hybridized carbons (Fsp3) is 0.310. The molecule has 0 aliphatic heterocycles. The lowest BCUT2D eigenvalue weighted by molar-refractivity contribution is 0.0953. The Morgan fingerprint density at radius 2 is 1.61 bits per heavy atom. The summed E-state index contributed by atoms with van der Waals surface area (Å²) in [7, 11) is 3.26. The molecule has 1 heterocycles. The highest BCUT2D eigenvalue weighted by Gasteiger charge is 2.11. The Kier molecular flexibility index (Phi) is 8.81. The summed E-state index contributed by atoms with van der Waals surface area (Å²) in [6, 6.07) is 23.0. The van der Waals surface area contributed by atoms with Crippen LogP contribution in [0.25, 0.3) is 11.0 Å². The molecule has 36 heavy (non-hydrogen) atoms. The van der Waals surface area contributed by atoms with Crippen molar-refractivity contribution in [2.45, 2.75) is 32.2 Å². The van der Waals surface area contributed by atoms with E-state index < -0.39 is 0 Å². The summed E-state index contributed by atoms with van der Waals surface area (Å²) < 4.78 is 18.8. The van der Waals surface area contributed by atoms with Gasteiger partial charge in [-0.25, -0.2) is 4.98 Å². The van der Waals surface area contributed by atoms with Crippen LogP contribution in [0.1, 0.15) is 35.4 Å². The van der Waals surface area contributed by atoms with Crippen LogP contribution in [0.5, 0.6) is 17.2 Å². The molecule has 1 N–H and O–H groups in total. The van der Waals surface area contributed by atoms with E-state index in [0.717, 1.165) is 59.8 Å². The van der Waals surface area contributed by atoms with Gasteiger partial charge in [-0.1, -0.05) is 30.7 Å². The highest BCUT2D eigenvalue weighted by atomic mass is 16.5. The topological polar surface area (TPSA) is 74.6 Å². The quantitative estimate of drug-likeness (QED) is 0.260. The summed E-state index contributed by atoms with van der Waals surface area (Å²) in [4.78, 5) is 17.2. The van der Waals surface area contributed by atoms with Crippen molar-refractivity contribution in [1.29, 1.82) is 0 Å². The molecule has 4 aromatic rings. The standard InChI is InChI=1S/C29H33N3O4/c1-34-23-17-15-22(16-18-23)29(33)30-19-9-3-4-14-28-31-24-10-5-6-11-25(24)32(28)20-21-36-27-13-8-7-12-26(27)35-2/h5-8,10-13,15-18H,3-4,9,14,19-21H2,1-2H3,(H,30,33). The maximum atomic E-state index is 12.3. The number of ether oxygens (including phenoxy) is 3. The smallest absolute Gasteiger partial charge is 0.251 e. The van der Waals surface area contributed by atoms with Gasteiger partial charge in [0.2, 0.25) is 0 Å². The molecule has 0 radical (unpaired) electrons. The number of methoxy groups -OCH3 is 2. The molecule has 0 bridgehead atoms. The number of aryl methyl sites for hydroxylation is 1. The number of hydrogen-bond donors (Lipinski definition) is 1. The molecular weight excluding hydrogens is 454 g/mol. The number of nitrogens with zero attached hydrogens (tertiary/aromatic N) is 2. The zero-order valence-corrected chi connectivity index (χ0v) is 20.9. The minimum atomic E-state index is -0.0607. The monoisotopic (exact) mass is 487 g/mol. The van der Waals surface area contributed by atoms with Crippen LogP contribution in [0.4, 0.5) is 0 Å². The van der Waals surface area contributed by atoms with Crippen molar-refractivity contribution in [3.63, 3.8) is 0 Å². The third-order valence-electron chi connectivity index (χ3n) is 6.09. The van der Waals surface area contributed by atoms with E-state index in [1.807, 2.05) is 42.5 Å². The van der Waals surface area contributed by atoms with Crippen LogP contribution in [-0.2, 0) is 13.0 Å². The largest absolute Gasteiger partial charge is 0.497 e. The predicted octanol–water partition coefficient (Wildman–Crippen LogP) is 5.28. The van der Waals surface area contributed by atoms with Gasteiger partial charge in [-0.3, -0.25) is 4.79 Å². The fourth-order valence-electron chi connectivity index (χ4n) is 4.18. The number of imidazole rings is 1. The zero-order valence-electron chi connectivity index (χ0n) is 20.9. The minimum absolute atomic E-state index is 0.0607. The Morgan fingerprint density at radius 3 is 2.39 bits per heavy atom. The first-order chi connectivity index (χ1) is 17.7. The number of rotatable bonds is 13.